The number of aliphatic hydroxyl groups excluding tert-OH is 1. The first-order valence-electron chi connectivity index (χ1n) is 5.42. The molecule has 0 bridgehead atoms. The lowest BCUT2D eigenvalue weighted by Crippen LogP contribution is -2.41. The first-order chi connectivity index (χ1) is 6.41. The number of hydrogen-bond acceptors (Lipinski definition) is 2. The van der Waals surface area contributed by atoms with Crippen molar-refractivity contribution in [1.82, 2.24) is 5.32 Å². The standard InChI is InChI=1S/C12H25NO/c1-6-10(2)9-13-11(7-8-14)12(3,4)5/h11,13-14H,2,6-9H2,1,3-5H3. The van der Waals surface area contributed by atoms with Gasteiger partial charge in [-0.2, -0.15) is 0 Å². The minimum Gasteiger partial charge on any atom is -0.396 e. The monoisotopic (exact) mass is 199 g/mol. The van der Waals surface area contributed by atoms with Gasteiger partial charge in [-0.25, -0.2) is 0 Å². The molecule has 0 aromatic rings. The Morgan fingerprint density at radius 1 is 1.43 bits per heavy atom. The van der Waals surface area contributed by atoms with Crippen LogP contribution in [0.25, 0.3) is 0 Å². The first kappa shape index (κ1) is 13.7. The highest BCUT2D eigenvalue weighted by Crippen LogP contribution is 2.21. The Hall–Kier alpha value is -0.340. The molecule has 0 aliphatic rings. The van der Waals surface area contributed by atoms with Gasteiger partial charge in [0.1, 0.15) is 0 Å². The molecule has 0 aliphatic heterocycles. The summed E-state index contributed by atoms with van der Waals surface area (Å²) in [5.41, 5.74) is 1.41. The van der Waals surface area contributed by atoms with Gasteiger partial charge in [-0.15, -0.1) is 0 Å². The number of rotatable bonds is 6. The van der Waals surface area contributed by atoms with Crippen molar-refractivity contribution in [2.24, 2.45) is 5.41 Å². The van der Waals surface area contributed by atoms with Crippen LogP contribution in [0, 0.1) is 5.41 Å². The second kappa shape index (κ2) is 6.20. The van der Waals surface area contributed by atoms with Crippen molar-refractivity contribution < 1.29 is 5.11 Å². The van der Waals surface area contributed by atoms with Crippen molar-refractivity contribution in [3.8, 4) is 0 Å². The molecule has 2 N–H and O–H groups in total. The second-order valence-electron chi connectivity index (χ2n) is 4.92. The van der Waals surface area contributed by atoms with Crippen LogP contribution in [0.3, 0.4) is 0 Å². The third kappa shape index (κ3) is 5.40. The van der Waals surface area contributed by atoms with E-state index in [-0.39, 0.29) is 12.0 Å². The molecule has 0 spiro atoms. The van der Waals surface area contributed by atoms with E-state index in [4.69, 9.17) is 5.11 Å². The van der Waals surface area contributed by atoms with Crippen molar-refractivity contribution in [2.75, 3.05) is 13.2 Å². The predicted molar refractivity (Wildman–Crippen MR) is 62.4 cm³/mol. The molecule has 1 atom stereocenters. The van der Waals surface area contributed by atoms with E-state index >= 15 is 0 Å². The van der Waals surface area contributed by atoms with Gasteiger partial charge < -0.3 is 10.4 Å². The van der Waals surface area contributed by atoms with Gasteiger partial charge in [-0.3, -0.25) is 0 Å². The zero-order chi connectivity index (χ0) is 11.2. The minimum absolute atomic E-state index is 0.191. The van der Waals surface area contributed by atoms with Crippen LogP contribution in [0.1, 0.15) is 40.5 Å². The number of hydrogen-bond donors (Lipinski definition) is 2. The van der Waals surface area contributed by atoms with Crippen LogP contribution < -0.4 is 5.32 Å². The zero-order valence-corrected chi connectivity index (χ0v) is 10.1. The summed E-state index contributed by atoms with van der Waals surface area (Å²) in [5, 5.41) is 12.4. The van der Waals surface area contributed by atoms with Crippen LogP contribution in [0.5, 0.6) is 0 Å². The molecule has 0 aromatic heterocycles. The average molecular weight is 199 g/mol. The Labute approximate surface area is 88.4 Å². The topological polar surface area (TPSA) is 32.3 Å². The van der Waals surface area contributed by atoms with E-state index in [1.807, 2.05) is 0 Å². The number of aliphatic hydroxyl groups is 1. The Morgan fingerprint density at radius 2 is 2.00 bits per heavy atom. The van der Waals surface area contributed by atoms with Gasteiger partial charge in [0.2, 0.25) is 0 Å². The molecule has 0 rings (SSSR count). The summed E-state index contributed by atoms with van der Waals surface area (Å²) in [6.45, 7) is 13.7. The van der Waals surface area contributed by atoms with E-state index in [0.717, 1.165) is 19.4 Å². The fraction of sp³-hybridized carbons (Fsp3) is 0.833. The summed E-state index contributed by atoms with van der Waals surface area (Å²) in [4.78, 5) is 0. The molecule has 0 radical (unpaired) electrons. The molecule has 0 aromatic carbocycles. The van der Waals surface area contributed by atoms with Crippen LogP contribution >= 0.6 is 0 Å². The predicted octanol–water partition coefficient (Wildman–Crippen LogP) is 2.34. The third-order valence-corrected chi connectivity index (χ3v) is 2.56. The van der Waals surface area contributed by atoms with Gasteiger partial charge >= 0.3 is 0 Å². The summed E-state index contributed by atoms with van der Waals surface area (Å²) in [7, 11) is 0. The summed E-state index contributed by atoms with van der Waals surface area (Å²) in [6, 6.07) is 0.357. The summed E-state index contributed by atoms with van der Waals surface area (Å²) >= 11 is 0. The van der Waals surface area contributed by atoms with E-state index in [0.29, 0.717) is 6.04 Å². The van der Waals surface area contributed by atoms with E-state index < -0.39 is 0 Å². The van der Waals surface area contributed by atoms with Gasteiger partial charge in [0.15, 0.2) is 0 Å². The normalized spacial score (nSPS) is 14.1. The summed E-state index contributed by atoms with van der Waals surface area (Å²) in [5.74, 6) is 0. The molecule has 14 heavy (non-hydrogen) atoms. The molecule has 84 valence electrons. The molecule has 0 heterocycles. The molecular weight excluding hydrogens is 174 g/mol. The molecule has 0 saturated heterocycles. The van der Waals surface area contributed by atoms with Crippen molar-refractivity contribution in [3.05, 3.63) is 12.2 Å². The van der Waals surface area contributed by atoms with Gasteiger partial charge in [0.05, 0.1) is 0 Å². The van der Waals surface area contributed by atoms with Crippen molar-refractivity contribution in [3.63, 3.8) is 0 Å². The van der Waals surface area contributed by atoms with Gasteiger partial charge in [-0.05, 0) is 18.3 Å². The van der Waals surface area contributed by atoms with Crippen LogP contribution in [0.4, 0.5) is 0 Å². The molecule has 1 unspecified atom stereocenters. The Bertz CT molecular complexity index is 170. The highest BCUT2D eigenvalue weighted by Gasteiger charge is 2.23. The van der Waals surface area contributed by atoms with Crippen LogP contribution in [0.15, 0.2) is 12.2 Å². The maximum absolute atomic E-state index is 8.96. The molecule has 0 amide bonds. The van der Waals surface area contributed by atoms with Crippen LogP contribution in [-0.4, -0.2) is 24.3 Å². The van der Waals surface area contributed by atoms with E-state index in [9.17, 15) is 0 Å². The Morgan fingerprint density at radius 3 is 2.36 bits per heavy atom. The lowest BCUT2D eigenvalue weighted by atomic mass is 9.85. The zero-order valence-electron chi connectivity index (χ0n) is 10.1. The van der Waals surface area contributed by atoms with E-state index in [2.05, 4.69) is 39.6 Å². The fourth-order valence-electron chi connectivity index (χ4n) is 1.36. The van der Waals surface area contributed by atoms with Gasteiger partial charge in [-0.1, -0.05) is 39.8 Å². The highest BCUT2D eigenvalue weighted by atomic mass is 16.3. The largest absolute Gasteiger partial charge is 0.396 e. The second-order valence-corrected chi connectivity index (χ2v) is 4.92. The Kier molecular flexibility index (Phi) is 6.05. The smallest absolute Gasteiger partial charge is 0.0446 e. The third-order valence-electron chi connectivity index (χ3n) is 2.56. The van der Waals surface area contributed by atoms with Crippen LogP contribution in [0.2, 0.25) is 0 Å². The lowest BCUT2D eigenvalue weighted by molar-refractivity contribution is 0.200. The maximum atomic E-state index is 8.96. The van der Waals surface area contributed by atoms with Gasteiger partial charge in [0, 0.05) is 19.2 Å². The quantitative estimate of drug-likeness (QED) is 0.644. The molecule has 2 nitrogen and oxygen atoms in total. The molecule has 0 fully saturated rings. The van der Waals surface area contributed by atoms with Gasteiger partial charge in [0.25, 0.3) is 0 Å². The fourth-order valence-corrected chi connectivity index (χ4v) is 1.36. The van der Waals surface area contributed by atoms with Crippen molar-refractivity contribution >= 4 is 0 Å². The SMILES string of the molecule is C=C(CC)CNC(CCO)C(C)(C)C. The summed E-state index contributed by atoms with van der Waals surface area (Å²) in [6.07, 6.45) is 1.82. The number of nitrogens with one attached hydrogen (secondary N) is 1. The van der Waals surface area contributed by atoms with Crippen molar-refractivity contribution in [1.29, 1.82) is 0 Å². The van der Waals surface area contributed by atoms with Crippen LogP contribution in [-0.2, 0) is 0 Å². The minimum atomic E-state index is 0.191. The molecule has 2 heteroatoms. The molecule has 0 aliphatic carbocycles. The molecular formula is C12H25NO. The van der Waals surface area contributed by atoms with E-state index in [1.54, 1.807) is 0 Å². The lowest BCUT2D eigenvalue weighted by Gasteiger charge is -2.31. The average Bonchev–Trinajstić information content (AvgIpc) is 2.09. The Balaban J connectivity index is 4.04. The molecule has 0 saturated carbocycles. The maximum Gasteiger partial charge on any atom is 0.0446 e. The van der Waals surface area contributed by atoms with Crippen molar-refractivity contribution in [2.45, 2.75) is 46.6 Å². The highest BCUT2D eigenvalue weighted by molar-refractivity contribution is 4.97. The summed E-state index contributed by atoms with van der Waals surface area (Å²) < 4.78 is 0. The first-order valence-corrected chi connectivity index (χ1v) is 5.42. The van der Waals surface area contributed by atoms with E-state index in [1.165, 1.54) is 5.57 Å².